The highest BCUT2D eigenvalue weighted by Gasteiger charge is 2.42. The Bertz CT molecular complexity index is 1440. The number of nitrogens with zero attached hydrogens (tertiary/aromatic N) is 4. The van der Waals surface area contributed by atoms with Gasteiger partial charge in [0.1, 0.15) is 11.6 Å². The van der Waals surface area contributed by atoms with E-state index in [-0.39, 0.29) is 12.1 Å². The highest BCUT2D eigenvalue weighted by molar-refractivity contribution is 7.80. The number of rotatable bonds is 6. The van der Waals surface area contributed by atoms with Crippen LogP contribution < -0.4 is 15.0 Å². The van der Waals surface area contributed by atoms with Crippen molar-refractivity contribution < 1.29 is 4.74 Å². The van der Waals surface area contributed by atoms with Crippen LogP contribution in [0.5, 0.6) is 5.75 Å². The molecule has 1 aliphatic carbocycles. The summed E-state index contributed by atoms with van der Waals surface area (Å²) in [6.45, 7) is 6.40. The van der Waals surface area contributed by atoms with Crippen molar-refractivity contribution in [3.8, 4) is 11.6 Å². The van der Waals surface area contributed by atoms with E-state index in [2.05, 4.69) is 83.0 Å². The van der Waals surface area contributed by atoms with Crippen molar-refractivity contribution in [1.82, 2.24) is 19.9 Å². The number of aromatic nitrogens is 3. The van der Waals surface area contributed by atoms with Crippen molar-refractivity contribution in [1.29, 1.82) is 0 Å². The SMILES string of the molecule is Cc1ccnc(-n2c(C)cc(C3C(c4ccccn4)NC(=S)N3c3ccc(OC4CCCC4)cc3)c2C)c1. The first-order chi connectivity index (χ1) is 18.5. The van der Waals surface area contributed by atoms with Crippen molar-refractivity contribution in [2.24, 2.45) is 0 Å². The number of hydrogen-bond donors (Lipinski definition) is 1. The van der Waals surface area contributed by atoms with Gasteiger partial charge in [-0.15, -0.1) is 0 Å². The Morgan fingerprint density at radius 1 is 0.921 bits per heavy atom. The van der Waals surface area contributed by atoms with E-state index in [1.165, 1.54) is 24.0 Å². The maximum absolute atomic E-state index is 6.23. The van der Waals surface area contributed by atoms with Crippen molar-refractivity contribution in [2.45, 2.75) is 64.6 Å². The lowest BCUT2D eigenvalue weighted by molar-refractivity contribution is 0.210. The molecule has 0 spiro atoms. The number of anilines is 1. The molecule has 1 saturated carbocycles. The minimum Gasteiger partial charge on any atom is -0.490 e. The van der Waals surface area contributed by atoms with E-state index >= 15 is 0 Å². The third kappa shape index (κ3) is 4.56. The van der Waals surface area contributed by atoms with Crippen LogP contribution in [0.25, 0.3) is 5.82 Å². The lowest BCUT2D eigenvalue weighted by atomic mass is 9.96. The summed E-state index contributed by atoms with van der Waals surface area (Å²) in [5, 5.41) is 4.27. The van der Waals surface area contributed by atoms with Gasteiger partial charge in [0.15, 0.2) is 5.11 Å². The standard InChI is InChI=1S/C31H33N5OS/c1-20-15-17-33-28(18-20)35-21(2)19-26(22(35)3)30-29(27-10-6-7-16-32-27)34-31(38)36(30)23-11-13-25(14-12-23)37-24-8-4-5-9-24/h6-7,10-19,24,29-30H,4-5,8-9H2,1-3H3,(H,34,38). The first-order valence-corrected chi connectivity index (χ1v) is 13.8. The zero-order valence-electron chi connectivity index (χ0n) is 22.1. The van der Waals surface area contributed by atoms with Crippen molar-refractivity contribution in [3.63, 3.8) is 0 Å². The molecule has 194 valence electrons. The van der Waals surface area contributed by atoms with Gasteiger partial charge in [-0.2, -0.15) is 0 Å². The van der Waals surface area contributed by atoms with E-state index in [1.807, 2.05) is 30.6 Å². The number of ether oxygens (including phenoxy) is 1. The molecule has 1 aromatic carbocycles. The quantitative estimate of drug-likeness (QED) is 0.284. The van der Waals surface area contributed by atoms with Crippen LogP contribution in [0.4, 0.5) is 5.69 Å². The number of nitrogens with one attached hydrogen (secondary N) is 1. The lowest BCUT2D eigenvalue weighted by Crippen LogP contribution is -2.29. The molecule has 1 N–H and O–H groups in total. The second-order valence-corrected chi connectivity index (χ2v) is 10.8. The Morgan fingerprint density at radius 3 is 2.42 bits per heavy atom. The van der Waals surface area contributed by atoms with Crippen LogP contribution in [-0.4, -0.2) is 25.8 Å². The third-order valence-corrected chi connectivity index (χ3v) is 8.05. The molecule has 6 rings (SSSR count). The fourth-order valence-electron chi connectivity index (χ4n) is 5.92. The monoisotopic (exact) mass is 523 g/mol. The van der Waals surface area contributed by atoms with E-state index in [0.29, 0.717) is 11.2 Å². The largest absolute Gasteiger partial charge is 0.490 e. The van der Waals surface area contributed by atoms with E-state index in [9.17, 15) is 0 Å². The molecule has 2 fully saturated rings. The molecular weight excluding hydrogens is 490 g/mol. The summed E-state index contributed by atoms with van der Waals surface area (Å²) < 4.78 is 8.46. The van der Waals surface area contributed by atoms with E-state index in [0.717, 1.165) is 47.2 Å². The van der Waals surface area contributed by atoms with Gasteiger partial charge < -0.3 is 19.5 Å². The highest BCUT2D eigenvalue weighted by Crippen LogP contribution is 2.44. The van der Waals surface area contributed by atoms with E-state index in [4.69, 9.17) is 21.9 Å². The van der Waals surface area contributed by atoms with Gasteiger partial charge in [0.2, 0.25) is 0 Å². The van der Waals surface area contributed by atoms with Crippen LogP contribution in [-0.2, 0) is 0 Å². The van der Waals surface area contributed by atoms with Gasteiger partial charge in [-0.1, -0.05) is 6.07 Å². The molecule has 7 heteroatoms. The van der Waals surface area contributed by atoms with Gasteiger partial charge in [0, 0.05) is 29.5 Å². The van der Waals surface area contributed by atoms with Gasteiger partial charge in [-0.05, 0) is 124 Å². The Balaban J connectivity index is 1.41. The van der Waals surface area contributed by atoms with Crippen LogP contribution >= 0.6 is 12.2 Å². The zero-order chi connectivity index (χ0) is 26.2. The summed E-state index contributed by atoms with van der Waals surface area (Å²) in [6.07, 6.45) is 8.83. The number of benzene rings is 1. The van der Waals surface area contributed by atoms with E-state index < -0.39 is 0 Å². The van der Waals surface area contributed by atoms with Crippen LogP contribution in [0.15, 0.2) is 73.1 Å². The first kappa shape index (κ1) is 24.6. The smallest absolute Gasteiger partial charge is 0.174 e. The molecule has 38 heavy (non-hydrogen) atoms. The second-order valence-electron chi connectivity index (χ2n) is 10.4. The Hall–Kier alpha value is -3.71. The van der Waals surface area contributed by atoms with Crippen LogP contribution in [0, 0.1) is 20.8 Å². The Morgan fingerprint density at radius 2 is 1.71 bits per heavy atom. The first-order valence-electron chi connectivity index (χ1n) is 13.4. The topological polar surface area (TPSA) is 55.2 Å². The minimum atomic E-state index is -0.0995. The van der Waals surface area contributed by atoms with Crippen LogP contribution in [0.3, 0.4) is 0 Å². The number of pyridine rings is 2. The molecule has 2 unspecified atom stereocenters. The third-order valence-electron chi connectivity index (χ3n) is 7.74. The summed E-state index contributed by atoms with van der Waals surface area (Å²) in [5.41, 5.74) is 6.64. The van der Waals surface area contributed by atoms with Gasteiger partial charge in [0.25, 0.3) is 0 Å². The summed E-state index contributed by atoms with van der Waals surface area (Å²) in [6, 6.07) is 20.7. The molecule has 4 heterocycles. The Labute approximate surface area is 229 Å². The van der Waals surface area contributed by atoms with Gasteiger partial charge in [-0.25, -0.2) is 4.98 Å². The number of aryl methyl sites for hydroxylation is 2. The summed E-state index contributed by atoms with van der Waals surface area (Å²) in [4.78, 5) is 11.6. The van der Waals surface area contributed by atoms with Gasteiger partial charge in [0.05, 0.1) is 23.9 Å². The molecule has 0 bridgehead atoms. The average Bonchev–Trinajstić information content (AvgIpc) is 3.63. The van der Waals surface area contributed by atoms with Crippen LogP contribution in [0.1, 0.15) is 66.0 Å². The van der Waals surface area contributed by atoms with Crippen LogP contribution in [0.2, 0.25) is 0 Å². The predicted molar refractivity (Wildman–Crippen MR) is 155 cm³/mol. The normalized spacial score (nSPS) is 19.7. The molecule has 1 aliphatic heterocycles. The fourth-order valence-corrected chi connectivity index (χ4v) is 6.26. The average molecular weight is 524 g/mol. The van der Waals surface area contributed by atoms with E-state index in [1.54, 1.807) is 0 Å². The lowest BCUT2D eigenvalue weighted by Gasteiger charge is -2.28. The highest BCUT2D eigenvalue weighted by atomic mass is 32.1. The molecular formula is C31H33N5OS. The molecule has 2 atom stereocenters. The molecule has 0 radical (unpaired) electrons. The molecule has 0 amide bonds. The molecule has 1 saturated heterocycles. The molecule has 4 aromatic rings. The summed E-state index contributed by atoms with van der Waals surface area (Å²) >= 11 is 5.96. The molecule has 3 aromatic heterocycles. The minimum absolute atomic E-state index is 0.0799. The van der Waals surface area contributed by atoms with Crippen molar-refractivity contribution in [2.75, 3.05) is 4.90 Å². The van der Waals surface area contributed by atoms with Crippen molar-refractivity contribution >= 4 is 23.0 Å². The van der Waals surface area contributed by atoms with Gasteiger partial charge >= 0.3 is 0 Å². The molecule has 2 aliphatic rings. The number of thiocarbonyl (C=S) groups is 1. The molecule has 6 nitrogen and oxygen atoms in total. The zero-order valence-corrected chi connectivity index (χ0v) is 22.9. The fraction of sp³-hybridized carbons (Fsp3) is 0.323. The summed E-state index contributed by atoms with van der Waals surface area (Å²) in [5.74, 6) is 1.84. The Kier molecular flexibility index (Phi) is 6.62. The maximum atomic E-state index is 6.23. The van der Waals surface area contributed by atoms with Crippen molar-refractivity contribution in [3.05, 3.63) is 101 Å². The maximum Gasteiger partial charge on any atom is 0.174 e. The number of hydrogen-bond acceptors (Lipinski definition) is 4. The predicted octanol–water partition coefficient (Wildman–Crippen LogP) is 6.69. The summed E-state index contributed by atoms with van der Waals surface area (Å²) in [7, 11) is 0. The second kappa shape index (κ2) is 10.2. The van der Waals surface area contributed by atoms with Gasteiger partial charge in [-0.3, -0.25) is 4.98 Å².